The van der Waals surface area contributed by atoms with Crippen LogP contribution in [0.1, 0.15) is 39.5 Å². The van der Waals surface area contributed by atoms with Gasteiger partial charge in [0.05, 0.1) is 17.3 Å². The fourth-order valence-electron chi connectivity index (χ4n) is 3.11. The molecule has 1 amide bonds. The van der Waals surface area contributed by atoms with Gasteiger partial charge in [0, 0.05) is 23.7 Å². The van der Waals surface area contributed by atoms with Gasteiger partial charge < -0.3 is 4.90 Å². The first-order valence-electron chi connectivity index (χ1n) is 7.43. The Labute approximate surface area is 142 Å². The summed E-state index contributed by atoms with van der Waals surface area (Å²) in [7, 11) is 0. The van der Waals surface area contributed by atoms with E-state index in [2.05, 4.69) is 29.3 Å². The molecule has 1 unspecified atom stereocenters. The lowest BCUT2D eigenvalue weighted by molar-refractivity contribution is 0.0675. The monoisotopic (exact) mass is 346 g/mol. The fourth-order valence-corrected chi connectivity index (χ4v) is 4.43. The van der Waals surface area contributed by atoms with Crippen molar-refractivity contribution in [1.29, 1.82) is 0 Å². The van der Waals surface area contributed by atoms with Gasteiger partial charge in [0.1, 0.15) is 0 Å². The van der Waals surface area contributed by atoms with E-state index in [-0.39, 0.29) is 11.9 Å². The number of aromatic nitrogens is 3. The average molecular weight is 347 g/mol. The topological polar surface area (TPSA) is 50.5 Å². The van der Waals surface area contributed by atoms with E-state index in [0.717, 1.165) is 6.42 Å². The van der Waals surface area contributed by atoms with Crippen LogP contribution in [0.4, 0.5) is 0 Å². The second-order valence-electron chi connectivity index (χ2n) is 5.79. The van der Waals surface area contributed by atoms with Crippen LogP contribution in [0.2, 0.25) is 5.02 Å². The molecular weight excluding hydrogens is 332 g/mol. The minimum absolute atomic E-state index is 0.0594. The first-order chi connectivity index (χ1) is 11.0. The van der Waals surface area contributed by atoms with Gasteiger partial charge in [0.2, 0.25) is 0 Å². The highest BCUT2D eigenvalue weighted by Crippen LogP contribution is 2.36. The van der Waals surface area contributed by atoms with Crippen molar-refractivity contribution in [2.24, 2.45) is 0 Å². The Kier molecular flexibility index (Phi) is 3.39. The Balaban J connectivity index is 1.68. The van der Waals surface area contributed by atoms with E-state index in [1.54, 1.807) is 34.3 Å². The fraction of sp³-hybridized carbons (Fsp3) is 0.312. The molecule has 1 atom stereocenters. The molecule has 4 heterocycles. The van der Waals surface area contributed by atoms with Crippen molar-refractivity contribution >= 4 is 34.5 Å². The molecule has 3 aromatic heterocycles. The Morgan fingerprint density at radius 1 is 1.48 bits per heavy atom. The van der Waals surface area contributed by atoms with E-state index in [9.17, 15) is 4.79 Å². The highest BCUT2D eigenvalue weighted by atomic mass is 35.5. The van der Waals surface area contributed by atoms with Crippen LogP contribution in [0.15, 0.2) is 23.8 Å². The summed E-state index contributed by atoms with van der Waals surface area (Å²) in [4.78, 5) is 20.2. The van der Waals surface area contributed by atoms with Crippen molar-refractivity contribution in [3.8, 4) is 0 Å². The second-order valence-corrected chi connectivity index (χ2v) is 7.14. The third-order valence-corrected chi connectivity index (χ3v) is 5.86. The molecule has 0 aliphatic carbocycles. The number of hydrogen-bond donors (Lipinski definition) is 0. The summed E-state index contributed by atoms with van der Waals surface area (Å²) < 4.78 is 1.55. The maximum absolute atomic E-state index is 12.9. The highest BCUT2D eigenvalue weighted by molar-refractivity contribution is 7.10. The van der Waals surface area contributed by atoms with Crippen LogP contribution in [0.5, 0.6) is 0 Å². The van der Waals surface area contributed by atoms with Gasteiger partial charge in [-0.2, -0.15) is 5.10 Å². The third kappa shape index (κ3) is 2.33. The van der Waals surface area contributed by atoms with Gasteiger partial charge in [0.15, 0.2) is 11.3 Å². The summed E-state index contributed by atoms with van der Waals surface area (Å²) in [5.41, 5.74) is 3.75. The predicted octanol–water partition coefficient (Wildman–Crippen LogP) is 3.51. The summed E-state index contributed by atoms with van der Waals surface area (Å²) in [6.07, 6.45) is 4.11. The smallest absolute Gasteiger partial charge is 0.274 e. The van der Waals surface area contributed by atoms with E-state index >= 15 is 0 Å². The molecule has 1 aliphatic rings. The lowest BCUT2D eigenvalue weighted by Gasteiger charge is -2.33. The molecule has 0 fully saturated rings. The van der Waals surface area contributed by atoms with Crippen LogP contribution in [-0.2, 0) is 6.42 Å². The van der Waals surface area contributed by atoms with Crippen LogP contribution in [0.3, 0.4) is 0 Å². The minimum Gasteiger partial charge on any atom is -0.329 e. The first kappa shape index (κ1) is 14.7. The zero-order chi connectivity index (χ0) is 16.1. The van der Waals surface area contributed by atoms with Crippen LogP contribution >= 0.6 is 22.9 Å². The number of hydrogen-bond acceptors (Lipinski definition) is 4. The van der Waals surface area contributed by atoms with Crippen LogP contribution in [0, 0.1) is 6.92 Å². The molecule has 5 nitrogen and oxygen atoms in total. The molecule has 7 heteroatoms. The number of nitrogens with zero attached hydrogens (tertiary/aromatic N) is 4. The van der Waals surface area contributed by atoms with Gasteiger partial charge in [-0.1, -0.05) is 11.6 Å². The summed E-state index contributed by atoms with van der Waals surface area (Å²) in [6.45, 7) is 4.93. The second kappa shape index (κ2) is 5.32. The van der Waals surface area contributed by atoms with Gasteiger partial charge >= 0.3 is 0 Å². The quantitative estimate of drug-likeness (QED) is 0.677. The van der Waals surface area contributed by atoms with E-state index < -0.39 is 0 Å². The standard InChI is InChI=1S/C16H15ClN4OS/c1-9-8-23-15-10(2)20(4-3-12(9)15)16(22)13-5-14-18-6-11(17)7-21(14)19-13/h5-8,10H,3-4H2,1-2H3. The molecule has 1 aliphatic heterocycles. The predicted molar refractivity (Wildman–Crippen MR) is 90.2 cm³/mol. The Morgan fingerprint density at radius 3 is 3.13 bits per heavy atom. The lowest BCUT2D eigenvalue weighted by atomic mass is 9.99. The van der Waals surface area contributed by atoms with Gasteiger partial charge in [-0.05, 0) is 36.8 Å². The Morgan fingerprint density at radius 2 is 2.30 bits per heavy atom. The van der Waals surface area contributed by atoms with Crippen LogP contribution < -0.4 is 0 Å². The summed E-state index contributed by atoms with van der Waals surface area (Å²) in [6, 6.07) is 1.78. The number of carbonyl (C=O) groups excluding carboxylic acids is 1. The molecule has 0 bridgehead atoms. The van der Waals surface area contributed by atoms with Crippen molar-refractivity contribution in [1.82, 2.24) is 19.5 Å². The van der Waals surface area contributed by atoms with Gasteiger partial charge in [-0.15, -0.1) is 11.3 Å². The number of rotatable bonds is 1. The molecule has 4 rings (SSSR count). The average Bonchev–Trinajstić information content (AvgIpc) is 3.11. The van der Waals surface area contributed by atoms with Crippen LogP contribution in [0.25, 0.3) is 5.65 Å². The Bertz CT molecular complexity index is 916. The molecule has 0 saturated carbocycles. The van der Waals surface area contributed by atoms with Crippen molar-refractivity contribution < 1.29 is 4.79 Å². The van der Waals surface area contributed by atoms with Crippen molar-refractivity contribution in [3.63, 3.8) is 0 Å². The summed E-state index contributed by atoms with van der Waals surface area (Å²) in [5, 5.41) is 6.99. The first-order valence-corrected chi connectivity index (χ1v) is 8.69. The zero-order valence-corrected chi connectivity index (χ0v) is 14.4. The number of halogens is 1. The number of thiophene rings is 1. The third-order valence-electron chi connectivity index (χ3n) is 4.35. The molecule has 0 radical (unpaired) electrons. The molecule has 3 aromatic rings. The molecule has 23 heavy (non-hydrogen) atoms. The molecule has 0 aromatic carbocycles. The van der Waals surface area contributed by atoms with Gasteiger partial charge in [0.25, 0.3) is 5.91 Å². The lowest BCUT2D eigenvalue weighted by Crippen LogP contribution is -2.38. The molecular formula is C16H15ClN4OS. The number of carbonyl (C=O) groups is 1. The maximum atomic E-state index is 12.9. The summed E-state index contributed by atoms with van der Waals surface area (Å²) >= 11 is 7.65. The van der Waals surface area contributed by atoms with E-state index in [4.69, 9.17) is 11.6 Å². The van der Waals surface area contributed by atoms with Crippen molar-refractivity contribution in [3.05, 3.63) is 50.6 Å². The normalized spacial score (nSPS) is 17.5. The Hall–Kier alpha value is -1.92. The van der Waals surface area contributed by atoms with E-state index in [1.807, 2.05) is 4.90 Å². The molecule has 118 valence electrons. The number of aryl methyl sites for hydroxylation is 1. The van der Waals surface area contributed by atoms with Gasteiger partial charge in [-0.3, -0.25) is 4.79 Å². The van der Waals surface area contributed by atoms with Crippen molar-refractivity contribution in [2.75, 3.05) is 6.54 Å². The van der Waals surface area contributed by atoms with Crippen LogP contribution in [-0.4, -0.2) is 31.9 Å². The van der Waals surface area contributed by atoms with Crippen molar-refractivity contribution in [2.45, 2.75) is 26.3 Å². The van der Waals surface area contributed by atoms with E-state index in [0.29, 0.717) is 22.9 Å². The molecule has 0 spiro atoms. The largest absolute Gasteiger partial charge is 0.329 e. The van der Waals surface area contributed by atoms with E-state index in [1.165, 1.54) is 16.0 Å². The minimum atomic E-state index is -0.0594. The molecule has 0 N–H and O–H groups in total. The number of fused-ring (bicyclic) bond motifs is 2. The SMILES string of the molecule is Cc1csc2c1CCN(C(=O)c1cc3ncc(Cl)cn3n1)C2C. The molecule has 0 saturated heterocycles. The highest BCUT2D eigenvalue weighted by Gasteiger charge is 2.31. The van der Waals surface area contributed by atoms with Gasteiger partial charge in [-0.25, -0.2) is 9.50 Å². The summed E-state index contributed by atoms with van der Waals surface area (Å²) in [5.74, 6) is -0.0594. The maximum Gasteiger partial charge on any atom is 0.274 e. The zero-order valence-electron chi connectivity index (χ0n) is 12.8. The number of amides is 1.